The van der Waals surface area contributed by atoms with E-state index in [2.05, 4.69) is 10.00 Å². The molecule has 2 heterocycles. The number of amides is 1. The maximum atomic E-state index is 12.1. The number of carbonyl (C=O) groups is 2. The fraction of sp³-hybridized carbons (Fsp3) is 0.500. The number of carbonyl (C=O) groups excluding carboxylic acids is 1. The van der Waals surface area contributed by atoms with Gasteiger partial charge in [-0.2, -0.15) is 5.10 Å². The number of carboxylic acids is 1. The summed E-state index contributed by atoms with van der Waals surface area (Å²) in [4.78, 5) is 38.2. The maximum Gasteiger partial charge on any atom is 0.356 e. The molecule has 0 saturated carbocycles. The highest BCUT2D eigenvalue weighted by Gasteiger charge is 2.20. The molecule has 1 fully saturated rings. The van der Waals surface area contributed by atoms with E-state index in [0.717, 1.165) is 29.9 Å². The largest absolute Gasteiger partial charge is 0.476 e. The van der Waals surface area contributed by atoms with Crippen molar-refractivity contribution < 1.29 is 14.7 Å². The molecule has 0 aliphatic carbocycles. The molecule has 1 N–H and O–H groups in total. The summed E-state index contributed by atoms with van der Waals surface area (Å²) in [6.45, 7) is 2.53. The summed E-state index contributed by atoms with van der Waals surface area (Å²) in [6, 6.07) is 2.23. The first-order chi connectivity index (χ1) is 9.47. The monoisotopic (exact) mass is 280 g/mol. The summed E-state index contributed by atoms with van der Waals surface area (Å²) >= 11 is 0. The molecule has 1 aliphatic heterocycles. The van der Waals surface area contributed by atoms with Gasteiger partial charge in [0, 0.05) is 32.2 Å². The Balaban J connectivity index is 2.09. The Morgan fingerprint density at radius 2 is 1.90 bits per heavy atom. The zero-order valence-corrected chi connectivity index (χ0v) is 11.2. The third kappa shape index (κ3) is 3.21. The average molecular weight is 280 g/mol. The van der Waals surface area contributed by atoms with E-state index < -0.39 is 11.5 Å². The van der Waals surface area contributed by atoms with Gasteiger partial charge in [0.1, 0.15) is 6.54 Å². The van der Waals surface area contributed by atoms with Crippen LogP contribution in [-0.4, -0.2) is 69.8 Å². The van der Waals surface area contributed by atoms with E-state index in [1.165, 1.54) is 0 Å². The van der Waals surface area contributed by atoms with Crippen molar-refractivity contribution in [3.63, 3.8) is 0 Å². The minimum absolute atomic E-state index is 0.227. The van der Waals surface area contributed by atoms with Gasteiger partial charge in [0.05, 0.1) is 0 Å². The highest BCUT2D eigenvalue weighted by atomic mass is 16.4. The van der Waals surface area contributed by atoms with Crippen molar-refractivity contribution >= 4 is 11.9 Å². The first kappa shape index (κ1) is 14.2. The van der Waals surface area contributed by atoms with Crippen molar-refractivity contribution in [1.29, 1.82) is 0 Å². The van der Waals surface area contributed by atoms with E-state index in [4.69, 9.17) is 5.11 Å². The SMILES string of the molecule is CN1CCN(C(=O)Cn2nc(C(=O)O)ccc2=O)CC1. The van der Waals surface area contributed by atoms with Gasteiger partial charge in [-0.05, 0) is 13.1 Å². The summed E-state index contributed by atoms with van der Waals surface area (Å²) in [5.74, 6) is -1.46. The topological polar surface area (TPSA) is 95.7 Å². The van der Waals surface area contributed by atoms with Crippen LogP contribution in [0.4, 0.5) is 0 Å². The minimum atomic E-state index is -1.23. The van der Waals surface area contributed by atoms with Gasteiger partial charge in [-0.3, -0.25) is 9.59 Å². The quantitative estimate of drug-likeness (QED) is 0.740. The number of aromatic carboxylic acids is 1. The fourth-order valence-electron chi connectivity index (χ4n) is 1.96. The number of likely N-dealkylation sites (N-methyl/N-ethyl adjacent to an activating group) is 1. The maximum absolute atomic E-state index is 12.1. The minimum Gasteiger partial charge on any atom is -0.476 e. The molecule has 2 rings (SSSR count). The number of carboxylic acid groups (broad SMARTS) is 1. The molecular weight excluding hydrogens is 264 g/mol. The normalized spacial score (nSPS) is 16.1. The van der Waals surface area contributed by atoms with Crippen LogP contribution in [0.15, 0.2) is 16.9 Å². The Hall–Kier alpha value is -2.22. The van der Waals surface area contributed by atoms with Crippen LogP contribution >= 0.6 is 0 Å². The van der Waals surface area contributed by atoms with Crippen molar-refractivity contribution in [2.45, 2.75) is 6.54 Å². The van der Waals surface area contributed by atoms with Crippen LogP contribution < -0.4 is 5.56 Å². The average Bonchev–Trinajstić information content (AvgIpc) is 2.41. The lowest BCUT2D eigenvalue weighted by atomic mass is 10.3. The Kier molecular flexibility index (Phi) is 4.14. The second-order valence-electron chi connectivity index (χ2n) is 4.70. The Morgan fingerprint density at radius 1 is 1.25 bits per heavy atom. The molecule has 0 atom stereocenters. The van der Waals surface area contributed by atoms with Crippen molar-refractivity contribution in [1.82, 2.24) is 19.6 Å². The highest BCUT2D eigenvalue weighted by Crippen LogP contribution is 2.00. The van der Waals surface area contributed by atoms with Crippen LogP contribution in [0, 0.1) is 0 Å². The smallest absolute Gasteiger partial charge is 0.356 e. The number of hydrogen-bond acceptors (Lipinski definition) is 5. The second kappa shape index (κ2) is 5.83. The highest BCUT2D eigenvalue weighted by molar-refractivity contribution is 5.85. The molecule has 8 heteroatoms. The lowest BCUT2D eigenvalue weighted by Crippen LogP contribution is -2.48. The molecule has 1 aromatic rings. The molecule has 0 unspecified atom stereocenters. The number of rotatable bonds is 3. The third-order valence-corrected chi connectivity index (χ3v) is 3.23. The predicted molar refractivity (Wildman–Crippen MR) is 69.5 cm³/mol. The predicted octanol–water partition coefficient (Wildman–Crippen LogP) is -1.28. The van der Waals surface area contributed by atoms with Gasteiger partial charge >= 0.3 is 5.97 Å². The molecular formula is C12H16N4O4. The summed E-state index contributed by atoms with van der Waals surface area (Å²) in [7, 11) is 1.98. The van der Waals surface area contributed by atoms with Crippen LogP contribution in [0.25, 0.3) is 0 Å². The van der Waals surface area contributed by atoms with Crippen molar-refractivity contribution in [2.24, 2.45) is 0 Å². The lowest BCUT2D eigenvalue weighted by Gasteiger charge is -2.32. The number of piperazine rings is 1. The number of aromatic nitrogens is 2. The Morgan fingerprint density at radius 3 is 2.50 bits per heavy atom. The van der Waals surface area contributed by atoms with Crippen molar-refractivity contribution in [2.75, 3.05) is 33.2 Å². The second-order valence-corrected chi connectivity index (χ2v) is 4.70. The van der Waals surface area contributed by atoms with Gasteiger partial charge in [0.2, 0.25) is 5.91 Å². The molecule has 20 heavy (non-hydrogen) atoms. The third-order valence-electron chi connectivity index (χ3n) is 3.23. The van der Waals surface area contributed by atoms with Crippen LogP contribution in [0.3, 0.4) is 0 Å². The van der Waals surface area contributed by atoms with E-state index in [1.54, 1.807) is 4.90 Å². The summed E-state index contributed by atoms with van der Waals surface area (Å²) < 4.78 is 0.893. The van der Waals surface area contributed by atoms with Crippen molar-refractivity contribution in [3.05, 3.63) is 28.2 Å². The lowest BCUT2D eigenvalue weighted by molar-refractivity contribution is -0.133. The molecule has 0 radical (unpaired) electrons. The summed E-state index contributed by atoms with van der Waals surface area (Å²) in [5, 5.41) is 12.5. The van der Waals surface area contributed by atoms with Gasteiger partial charge in [-0.1, -0.05) is 0 Å². The molecule has 1 aromatic heterocycles. The van der Waals surface area contributed by atoms with Crippen LogP contribution in [0.5, 0.6) is 0 Å². The molecule has 1 saturated heterocycles. The summed E-state index contributed by atoms with van der Waals surface area (Å²) in [6.07, 6.45) is 0. The fourth-order valence-corrected chi connectivity index (χ4v) is 1.96. The zero-order valence-electron chi connectivity index (χ0n) is 11.2. The molecule has 1 amide bonds. The molecule has 108 valence electrons. The standard InChI is InChI=1S/C12H16N4O4/c1-14-4-6-15(7-5-14)11(18)8-16-10(17)3-2-9(13-16)12(19)20/h2-3H,4-8H2,1H3,(H,19,20). The molecule has 1 aliphatic rings. The van der Waals surface area contributed by atoms with Crippen LogP contribution in [0.1, 0.15) is 10.5 Å². The van der Waals surface area contributed by atoms with E-state index in [1.807, 2.05) is 7.05 Å². The first-order valence-corrected chi connectivity index (χ1v) is 6.25. The van der Waals surface area contributed by atoms with Gasteiger partial charge < -0.3 is 14.9 Å². The van der Waals surface area contributed by atoms with E-state index >= 15 is 0 Å². The first-order valence-electron chi connectivity index (χ1n) is 6.25. The number of hydrogen-bond donors (Lipinski definition) is 1. The Labute approximate surface area is 115 Å². The van der Waals surface area contributed by atoms with Gasteiger partial charge in [-0.25, -0.2) is 9.48 Å². The Bertz CT molecular complexity index is 575. The number of nitrogens with zero attached hydrogens (tertiary/aromatic N) is 4. The molecule has 0 aromatic carbocycles. The van der Waals surface area contributed by atoms with Gasteiger partial charge in [-0.15, -0.1) is 0 Å². The van der Waals surface area contributed by atoms with E-state index in [-0.39, 0.29) is 18.1 Å². The van der Waals surface area contributed by atoms with Crippen molar-refractivity contribution in [3.8, 4) is 0 Å². The zero-order chi connectivity index (χ0) is 14.7. The van der Waals surface area contributed by atoms with Gasteiger partial charge in [0.15, 0.2) is 5.69 Å². The van der Waals surface area contributed by atoms with Crippen LogP contribution in [-0.2, 0) is 11.3 Å². The molecule has 8 nitrogen and oxygen atoms in total. The molecule has 0 spiro atoms. The van der Waals surface area contributed by atoms with E-state index in [0.29, 0.717) is 13.1 Å². The molecule has 0 bridgehead atoms. The van der Waals surface area contributed by atoms with Gasteiger partial charge in [0.25, 0.3) is 5.56 Å². The summed E-state index contributed by atoms with van der Waals surface area (Å²) in [5.41, 5.74) is -0.742. The van der Waals surface area contributed by atoms with Crippen LogP contribution in [0.2, 0.25) is 0 Å². The van der Waals surface area contributed by atoms with E-state index in [9.17, 15) is 14.4 Å².